The van der Waals surface area contributed by atoms with Crippen molar-refractivity contribution in [1.29, 1.82) is 0 Å². The Balaban J connectivity index is 5.18. The van der Waals surface area contributed by atoms with E-state index in [9.17, 15) is 14.4 Å². The Bertz CT molecular complexity index is 315. The molecule has 0 atom stereocenters. The zero-order chi connectivity index (χ0) is 14.9. The number of amides is 2. The molecule has 0 aliphatic heterocycles. The standard InChI is InChI=1S/C12H22N2O5/c1-5-12(6-2,9-15)14(11(17)19-8-4)13-10(16)18-7-3/h9H,5-8H2,1-4H3,(H,13,16). The molecule has 0 heterocycles. The van der Waals surface area contributed by atoms with Gasteiger partial charge in [-0.1, -0.05) is 13.8 Å². The smallest absolute Gasteiger partial charge is 0.429 e. The van der Waals surface area contributed by atoms with E-state index in [-0.39, 0.29) is 13.2 Å². The molecule has 0 saturated carbocycles. The molecular weight excluding hydrogens is 252 g/mol. The highest BCUT2D eigenvalue weighted by Crippen LogP contribution is 2.21. The van der Waals surface area contributed by atoms with Gasteiger partial charge in [-0.3, -0.25) is 0 Å². The summed E-state index contributed by atoms with van der Waals surface area (Å²) in [4.78, 5) is 34.7. The molecule has 7 nitrogen and oxygen atoms in total. The van der Waals surface area contributed by atoms with Crippen LogP contribution in [0.15, 0.2) is 0 Å². The molecule has 0 aromatic rings. The minimum absolute atomic E-state index is 0.141. The fourth-order valence-corrected chi connectivity index (χ4v) is 1.57. The lowest BCUT2D eigenvalue weighted by Gasteiger charge is -2.36. The monoisotopic (exact) mass is 274 g/mol. The third-order valence-corrected chi connectivity index (χ3v) is 2.82. The highest BCUT2D eigenvalue weighted by atomic mass is 16.6. The molecule has 2 amide bonds. The van der Waals surface area contributed by atoms with Gasteiger partial charge in [-0.25, -0.2) is 20.0 Å². The molecule has 0 rings (SSSR count). The Morgan fingerprint density at radius 2 is 1.63 bits per heavy atom. The summed E-state index contributed by atoms with van der Waals surface area (Å²) in [5.41, 5.74) is 1.12. The fourth-order valence-electron chi connectivity index (χ4n) is 1.57. The average molecular weight is 274 g/mol. The number of rotatable bonds is 6. The first-order chi connectivity index (χ1) is 9.01. The van der Waals surface area contributed by atoms with Crippen molar-refractivity contribution in [3.8, 4) is 0 Å². The quantitative estimate of drug-likeness (QED) is 0.590. The summed E-state index contributed by atoms with van der Waals surface area (Å²) < 4.78 is 9.57. The van der Waals surface area contributed by atoms with Crippen LogP contribution in [0.5, 0.6) is 0 Å². The molecule has 0 spiro atoms. The normalized spacial score (nSPS) is 10.5. The topological polar surface area (TPSA) is 84.9 Å². The molecule has 0 aromatic carbocycles. The summed E-state index contributed by atoms with van der Waals surface area (Å²) in [6.45, 7) is 7.08. The molecule has 110 valence electrons. The predicted octanol–water partition coefficient (Wildman–Crippen LogP) is 1.86. The maximum absolute atomic E-state index is 11.9. The van der Waals surface area contributed by atoms with Crippen molar-refractivity contribution in [1.82, 2.24) is 10.4 Å². The number of carbonyl (C=O) groups is 3. The Morgan fingerprint density at radius 1 is 1.11 bits per heavy atom. The molecule has 19 heavy (non-hydrogen) atoms. The average Bonchev–Trinajstić information content (AvgIpc) is 2.40. The number of hydrogen-bond donors (Lipinski definition) is 1. The minimum Gasteiger partial charge on any atom is -0.449 e. The van der Waals surface area contributed by atoms with Gasteiger partial charge in [0.25, 0.3) is 0 Å². The van der Waals surface area contributed by atoms with E-state index in [1.54, 1.807) is 27.7 Å². The number of nitrogens with one attached hydrogen (secondary N) is 1. The van der Waals surface area contributed by atoms with Crippen LogP contribution in [0.2, 0.25) is 0 Å². The van der Waals surface area contributed by atoms with Crippen LogP contribution in [-0.2, 0) is 14.3 Å². The van der Waals surface area contributed by atoms with E-state index < -0.39 is 17.7 Å². The summed E-state index contributed by atoms with van der Waals surface area (Å²) in [5.74, 6) is 0. The zero-order valence-electron chi connectivity index (χ0n) is 11.9. The molecule has 0 aromatic heterocycles. The van der Waals surface area contributed by atoms with E-state index in [1.165, 1.54) is 0 Å². The van der Waals surface area contributed by atoms with Crippen molar-refractivity contribution < 1.29 is 23.9 Å². The Morgan fingerprint density at radius 3 is 2.00 bits per heavy atom. The van der Waals surface area contributed by atoms with Crippen molar-refractivity contribution in [3.63, 3.8) is 0 Å². The van der Waals surface area contributed by atoms with Gasteiger partial charge >= 0.3 is 12.2 Å². The lowest BCUT2D eigenvalue weighted by Crippen LogP contribution is -2.60. The van der Waals surface area contributed by atoms with Gasteiger partial charge in [-0.05, 0) is 26.7 Å². The number of ether oxygens (including phenoxy) is 2. The van der Waals surface area contributed by atoms with Gasteiger partial charge in [0.15, 0.2) is 0 Å². The fraction of sp³-hybridized carbons (Fsp3) is 0.750. The van der Waals surface area contributed by atoms with Crippen LogP contribution in [0, 0.1) is 0 Å². The van der Waals surface area contributed by atoms with Crippen molar-refractivity contribution >= 4 is 18.5 Å². The second-order valence-corrected chi connectivity index (χ2v) is 3.80. The molecule has 0 bridgehead atoms. The van der Waals surface area contributed by atoms with E-state index in [4.69, 9.17) is 9.47 Å². The third kappa shape index (κ3) is 4.42. The largest absolute Gasteiger partial charge is 0.449 e. The van der Waals surface area contributed by atoms with Gasteiger partial charge in [0.1, 0.15) is 11.8 Å². The SMILES string of the molecule is CCOC(=O)NN(C(=O)OCC)C(C=O)(CC)CC. The van der Waals surface area contributed by atoms with Crippen molar-refractivity contribution in [2.24, 2.45) is 0 Å². The van der Waals surface area contributed by atoms with E-state index in [0.717, 1.165) is 5.01 Å². The van der Waals surface area contributed by atoms with Gasteiger partial charge in [0.05, 0.1) is 13.2 Å². The zero-order valence-corrected chi connectivity index (χ0v) is 11.9. The maximum Gasteiger partial charge on any atom is 0.429 e. The molecule has 0 saturated heterocycles. The lowest BCUT2D eigenvalue weighted by atomic mass is 9.94. The minimum atomic E-state index is -1.14. The molecule has 0 unspecified atom stereocenters. The first-order valence-electron chi connectivity index (χ1n) is 6.37. The summed E-state index contributed by atoms with van der Waals surface area (Å²) >= 11 is 0. The highest BCUT2D eigenvalue weighted by Gasteiger charge is 2.39. The molecule has 0 aliphatic rings. The van der Waals surface area contributed by atoms with Crippen molar-refractivity contribution in [3.05, 3.63) is 0 Å². The number of aldehydes is 1. The van der Waals surface area contributed by atoms with Gasteiger partial charge in [0, 0.05) is 0 Å². The molecular formula is C12H22N2O5. The Kier molecular flexibility index (Phi) is 7.55. The second kappa shape index (κ2) is 8.34. The molecule has 0 fully saturated rings. The molecule has 0 aliphatic carbocycles. The molecule has 0 radical (unpaired) electrons. The van der Waals surface area contributed by atoms with E-state index in [0.29, 0.717) is 19.1 Å². The van der Waals surface area contributed by atoms with Gasteiger partial charge in [-0.15, -0.1) is 0 Å². The van der Waals surface area contributed by atoms with Crippen molar-refractivity contribution in [2.45, 2.75) is 46.1 Å². The number of nitrogens with zero attached hydrogens (tertiary/aromatic N) is 1. The Labute approximate surface area is 113 Å². The van der Waals surface area contributed by atoms with E-state index >= 15 is 0 Å². The molecule has 7 heteroatoms. The van der Waals surface area contributed by atoms with Crippen molar-refractivity contribution in [2.75, 3.05) is 13.2 Å². The second-order valence-electron chi connectivity index (χ2n) is 3.80. The van der Waals surface area contributed by atoms with Crippen LogP contribution < -0.4 is 5.43 Å². The lowest BCUT2D eigenvalue weighted by molar-refractivity contribution is -0.120. The van der Waals surface area contributed by atoms with Gasteiger partial charge in [0.2, 0.25) is 0 Å². The van der Waals surface area contributed by atoms with E-state index in [1.807, 2.05) is 0 Å². The third-order valence-electron chi connectivity index (χ3n) is 2.82. The summed E-state index contributed by atoms with van der Waals surface area (Å²) in [6.07, 6.45) is -0.262. The maximum atomic E-state index is 11.9. The van der Waals surface area contributed by atoms with Crippen LogP contribution >= 0.6 is 0 Å². The predicted molar refractivity (Wildman–Crippen MR) is 68.4 cm³/mol. The van der Waals surface area contributed by atoms with Crippen LogP contribution in [0.25, 0.3) is 0 Å². The summed E-state index contributed by atoms with van der Waals surface area (Å²) in [5, 5.41) is 0.904. The number of hydrazine groups is 1. The Hall–Kier alpha value is -1.79. The van der Waals surface area contributed by atoms with Gasteiger partial charge < -0.3 is 14.3 Å². The number of hydrogen-bond acceptors (Lipinski definition) is 5. The van der Waals surface area contributed by atoms with E-state index in [2.05, 4.69) is 5.43 Å². The number of carbonyl (C=O) groups excluding carboxylic acids is 3. The van der Waals surface area contributed by atoms with Crippen LogP contribution in [0.3, 0.4) is 0 Å². The first-order valence-corrected chi connectivity index (χ1v) is 6.37. The summed E-state index contributed by atoms with van der Waals surface area (Å²) in [7, 11) is 0. The summed E-state index contributed by atoms with van der Waals surface area (Å²) in [6, 6.07) is 0. The highest BCUT2D eigenvalue weighted by molar-refractivity contribution is 5.79. The molecule has 1 N–H and O–H groups in total. The van der Waals surface area contributed by atoms with Crippen LogP contribution in [0.4, 0.5) is 9.59 Å². The van der Waals surface area contributed by atoms with Crippen LogP contribution in [0.1, 0.15) is 40.5 Å². The first kappa shape index (κ1) is 17.2. The van der Waals surface area contributed by atoms with Crippen LogP contribution in [-0.4, -0.2) is 42.2 Å². The van der Waals surface area contributed by atoms with Gasteiger partial charge in [-0.2, -0.15) is 0 Å².